The SMILES string of the molecule is N#Cc1ccc2c(c1)CCCC2Nc1ccc(N)c(C(=N)C2=CCC3(CC2)OCCO3)c1. The highest BCUT2D eigenvalue weighted by Crippen LogP contribution is 2.37. The third-order valence-corrected chi connectivity index (χ3v) is 6.82. The third-order valence-electron chi connectivity index (χ3n) is 6.82. The number of rotatable bonds is 4. The maximum Gasteiger partial charge on any atom is 0.172 e. The molecule has 1 fully saturated rings. The van der Waals surface area contributed by atoms with Gasteiger partial charge in [-0.25, -0.2) is 0 Å². The summed E-state index contributed by atoms with van der Waals surface area (Å²) in [5, 5.41) is 21.7. The van der Waals surface area contributed by atoms with E-state index in [9.17, 15) is 5.26 Å². The molecule has 4 N–H and O–H groups in total. The Bertz CT molecular complexity index is 1130. The first-order valence-corrected chi connectivity index (χ1v) is 11.3. The van der Waals surface area contributed by atoms with E-state index in [-0.39, 0.29) is 6.04 Å². The minimum absolute atomic E-state index is 0.183. The molecule has 2 aromatic carbocycles. The summed E-state index contributed by atoms with van der Waals surface area (Å²) in [6.07, 6.45) is 7.37. The van der Waals surface area contributed by atoms with Crippen molar-refractivity contribution < 1.29 is 9.47 Å². The van der Waals surface area contributed by atoms with Crippen LogP contribution in [0.5, 0.6) is 0 Å². The van der Waals surface area contributed by atoms with Gasteiger partial charge < -0.3 is 20.5 Å². The van der Waals surface area contributed by atoms with Gasteiger partial charge in [-0.3, -0.25) is 5.41 Å². The van der Waals surface area contributed by atoms with Crippen molar-refractivity contribution >= 4 is 17.1 Å². The summed E-state index contributed by atoms with van der Waals surface area (Å²) in [6.45, 7) is 1.28. The maximum absolute atomic E-state index is 9.20. The van der Waals surface area contributed by atoms with Crippen molar-refractivity contribution in [3.05, 3.63) is 70.3 Å². The van der Waals surface area contributed by atoms with Crippen LogP contribution in [0.3, 0.4) is 0 Å². The monoisotopic (exact) mass is 428 g/mol. The number of hydrogen-bond donors (Lipinski definition) is 3. The minimum atomic E-state index is -0.488. The van der Waals surface area contributed by atoms with Gasteiger partial charge in [0.05, 0.1) is 36.6 Å². The lowest BCUT2D eigenvalue weighted by Crippen LogP contribution is -2.32. The van der Waals surface area contributed by atoms with Crippen molar-refractivity contribution in [1.82, 2.24) is 0 Å². The van der Waals surface area contributed by atoms with Crippen molar-refractivity contribution in [1.29, 1.82) is 10.7 Å². The van der Waals surface area contributed by atoms with Crippen LogP contribution in [0.2, 0.25) is 0 Å². The standard InChI is InChI=1S/C26H28N4O2/c27-16-17-4-6-21-19(14-17)2-1-3-24(21)30-20-5-7-23(28)22(15-20)25(29)18-8-10-26(11-9-18)31-12-13-32-26/h4-8,14-15,24,29-30H,1-3,9-13,28H2. The summed E-state index contributed by atoms with van der Waals surface area (Å²) in [4.78, 5) is 0. The van der Waals surface area contributed by atoms with E-state index in [4.69, 9.17) is 20.6 Å². The molecule has 1 heterocycles. The molecule has 1 aliphatic heterocycles. The van der Waals surface area contributed by atoms with Gasteiger partial charge in [0, 0.05) is 29.8 Å². The highest BCUT2D eigenvalue weighted by atomic mass is 16.7. The van der Waals surface area contributed by atoms with Crippen molar-refractivity contribution in [3.63, 3.8) is 0 Å². The molecule has 0 bridgehead atoms. The van der Waals surface area contributed by atoms with Crippen molar-refractivity contribution in [2.24, 2.45) is 0 Å². The first-order chi connectivity index (χ1) is 15.6. The molecule has 0 radical (unpaired) electrons. The van der Waals surface area contributed by atoms with Gasteiger partial charge in [0.15, 0.2) is 5.79 Å². The van der Waals surface area contributed by atoms with Crippen LogP contribution in [0.25, 0.3) is 0 Å². The van der Waals surface area contributed by atoms with E-state index in [1.54, 1.807) is 0 Å². The molecule has 6 nitrogen and oxygen atoms in total. The number of anilines is 2. The predicted octanol–water partition coefficient (Wildman–Crippen LogP) is 4.85. The van der Waals surface area contributed by atoms with Crippen LogP contribution in [0.4, 0.5) is 11.4 Å². The number of nitrogens with two attached hydrogens (primary N) is 1. The van der Waals surface area contributed by atoms with Gasteiger partial charge in [0.2, 0.25) is 0 Å². The highest BCUT2D eigenvalue weighted by Gasteiger charge is 2.38. The van der Waals surface area contributed by atoms with Crippen molar-refractivity contribution in [2.45, 2.75) is 50.4 Å². The largest absolute Gasteiger partial charge is 0.398 e. The molecular formula is C26H28N4O2. The van der Waals surface area contributed by atoms with Gasteiger partial charge >= 0.3 is 0 Å². The smallest absolute Gasteiger partial charge is 0.172 e. The second-order valence-electron chi connectivity index (χ2n) is 8.83. The predicted molar refractivity (Wildman–Crippen MR) is 125 cm³/mol. The second kappa shape index (κ2) is 8.42. The number of nitrogens with zero attached hydrogens (tertiary/aromatic N) is 1. The second-order valence-corrected chi connectivity index (χ2v) is 8.83. The number of allylic oxidation sites excluding steroid dienone is 1. The molecular weight excluding hydrogens is 400 g/mol. The Kier molecular flexibility index (Phi) is 5.46. The molecule has 5 rings (SSSR count). The normalized spacial score (nSPS) is 21.5. The fourth-order valence-corrected chi connectivity index (χ4v) is 5.06. The summed E-state index contributed by atoms with van der Waals surface area (Å²) < 4.78 is 11.6. The average molecular weight is 429 g/mol. The molecule has 0 aromatic heterocycles. The van der Waals surface area contributed by atoms with Gasteiger partial charge in [-0.2, -0.15) is 5.26 Å². The van der Waals surface area contributed by atoms with Crippen LogP contribution in [-0.4, -0.2) is 24.7 Å². The summed E-state index contributed by atoms with van der Waals surface area (Å²) >= 11 is 0. The zero-order valence-electron chi connectivity index (χ0n) is 18.1. The van der Waals surface area contributed by atoms with Crippen LogP contribution in [0.1, 0.15) is 60.4 Å². The number of benzene rings is 2. The lowest BCUT2D eigenvalue weighted by atomic mass is 9.86. The summed E-state index contributed by atoms with van der Waals surface area (Å²) in [7, 11) is 0. The highest BCUT2D eigenvalue weighted by molar-refractivity contribution is 6.14. The quantitative estimate of drug-likeness (QED) is 0.477. The molecule has 1 atom stereocenters. The number of nitriles is 1. The van der Waals surface area contributed by atoms with Crippen LogP contribution in [0, 0.1) is 16.7 Å². The fraction of sp³-hybridized carbons (Fsp3) is 0.385. The molecule has 3 aliphatic rings. The molecule has 1 unspecified atom stereocenters. The molecule has 2 aromatic rings. The Morgan fingerprint density at radius 2 is 2.00 bits per heavy atom. The fourth-order valence-electron chi connectivity index (χ4n) is 5.06. The third kappa shape index (κ3) is 3.90. The van der Waals surface area contributed by atoms with Crippen molar-refractivity contribution in [3.8, 4) is 6.07 Å². The van der Waals surface area contributed by atoms with Crippen LogP contribution in [0.15, 0.2) is 48.0 Å². The molecule has 6 heteroatoms. The van der Waals surface area contributed by atoms with Gasteiger partial charge in [0.25, 0.3) is 0 Å². The van der Waals surface area contributed by atoms with E-state index < -0.39 is 5.79 Å². The van der Waals surface area contributed by atoms with Crippen LogP contribution < -0.4 is 11.1 Å². The van der Waals surface area contributed by atoms with E-state index in [0.717, 1.165) is 48.9 Å². The zero-order chi connectivity index (χ0) is 22.1. The summed E-state index contributed by atoms with van der Waals surface area (Å²) in [5.41, 5.74) is 13.3. The van der Waals surface area contributed by atoms with Crippen LogP contribution in [-0.2, 0) is 15.9 Å². The lowest BCUT2D eigenvalue weighted by Gasteiger charge is -2.31. The number of nitrogen functional groups attached to an aromatic ring is 1. The lowest BCUT2D eigenvalue weighted by molar-refractivity contribution is -0.161. The Morgan fingerprint density at radius 1 is 1.16 bits per heavy atom. The van der Waals surface area contributed by atoms with E-state index in [0.29, 0.717) is 36.6 Å². The van der Waals surface area contributed by atoms with E-state index >= 15 is 0 Å². The Hall–Kier alpha value is -3.14. The summed E-state index contributed by atoms with van der Waals surface area (Å²) in [5.74, 6) is -0.488. The van der Waals surface area contributed by atoms with E-state index in [1.165, 1.54) is 11.1 Å². The molecule has 2 aliphatic carbocycles. The van der Waals surface area contributed by atoms with Gasteiger partial charge in [-0.05, 0) is 72.7 Å². The van der Waals surface area contributed by atoms with Gasteiger partial charge in [0.1, 0.15) is 0 Å². The average Bonchev–Trinajstić information content (AvgIpc) is 3.28. The van der Waals surface area contributed by atoms with Gasteiger partial charge in [-0.15, -0.1) is 0 Å². The van der Waals surface area contributed by atoms with E-state index in [2.05, 4.69) is 23.5 Å². The van der Waals surface area contributed by atoms with Crippen molar-refractivity contribution in [2.75, 3.05) is 24.3 Å². The van der Waals surface area contributed by atoms with E-state index in [1.807, 2.05) is 30.3 Å². The molecule has 1 saturated heterocycles. The Morgan fingerprint density at radius 3 is 2.75 bits per heavy atom. The topological polar surface area (TPSA) is 104 Å². The first-order valence-electron chi connectivity index (χ1n) is 11.3. The number of ether oxygens (including phenoxy) is 2. The number of hydrogen-bond acceptors (Lipinski definition) is 6. The Labute approximate surface area is 188 Å². The molecule has 32 heavy (non-hydrogen) atoms. The summed E-state index contributed by atoms with van der Waals surface area (Å²) in [6, 6.07) is 14.2. The Balaban J connectivity index is 1.36. The first kappa shape index (κ1) is 20.7. The molecule has 164 valence electrons. The zero-order valence-corrected chi connectivity index (χ0v) is 18.1. The number of fused-ring (bicyclic) bond motifs is 1. The number of nitrogens with one attached hydrogen (secondary N) is 2. The van der Waals surface area contributed by atoms with Crippen LogP contribution >= 0.6 is 0 Å². The molecule has 0 saturated carbocycles. The molecule has 0 amide bonds. The van der Waals surface area contributed by atoms with Gasteiger partial charge in [-0.1, -0.05) is 12.1 Å². The number of aryl methyl sites for hydroxylation is 1. The molecule has 1 spiro atoms. The minimum Gasteiger partial charge on any atom is -0.398 e. The maximum atomic E-state index is 9.20.